The first-order chi connectivity index (χ1) is 8.16. The van der Waals surface area contributed by atoms with Crippen molar-refractivity contribution in [2.45, 2.75) is 10.8 Å². The second-order valence-electron chi connectivity index (χ2n) is 3.35. The van der Waals surface area contributed by atoms with E-state index in [0.29, 0.717) is 22.0 Å². The van der Waals surface area contributed by atoms with Crippen LogP contribution in [0.2, 0.25) is 0 Å². The summed E-state index contributed by atoms with van der Waals surface area (Å²) < 4.78 is 5.19. The van der Waals surface area contributed by atoms with Gasteiger partial charge in [-0.05, 0) is 18.2 Å². The van der Waals surface area contributed by atoms with E-state index in [4.69, 9.17) is 15.9 Å². The minimum Gasteiger partial charge on any atom is -0.468 e. The van der Waals surface area contributed by atoms with Crippen LogP contribution in [0.4, 0.5) is 5.69 Å². The molecular weight excluding hydrogens is 238 g/mol. The van der Waals surface area contributed by atoms with Crippen molar-refractivity contribution in [3.8, 4) is 0 Å². The molecule has 0 unspecified atom stereocenters. The van der Waals surface area contributed by atoms with Crippen molar-refractivity contribution in [3.05, 3.63) is 42.0 Å². The first kappa shape index (κ1) is 11.5. The molecule has 88 valence electrons. The molecule has 2 aromatic rings. The molecule has 0 spiro atoms. The molecule has 0 fully saturated rings. The molecule has 0 saturated heterocycles. The largest absolute Gasteiger partial charge is 0.468 e. The van der Waals surface area contributed by atoms with Crippen molar-refractivity contribution >= 4 is 23.4 Å². The van der Waals surface area contributed by atoms with E-state index in [0.717, 1.165) is 5.76 Å². The van der Waals surface area contributed by atoms with Crippen molar-refractivity contribution in [1.29, 1.82) is 0 Å². The van der Waals surface area contributed by atoms with E-state index >= 15 is 0 Å². The third-order valence-electron chi connectivity index (χ3n) is 2.07. The highest BCUT2D eigenvalue weighted by Crippen LogP contribution is 2.25. The molecule has 6 heteroatoms. The number of hydrogen-bond donors (Lipinski definition) is 2. The molecule has 0 aliphatic heterocycles. The molecule has 2 rings (SSSR count). The highest BCUT2D eigenvalue weighted by molar-refractivity contribution is 7.98. The molecular formula is C11H11N3O2S. The Balaban J connectivity index is 2.17. The van der Waals surface area contributed by atoms with Gasteiger partial charge in [-0.15, -0.1) is 0 Å². The monoisotopic (exact) mass is 249 g/mol. The zero-order chi connectivity index (χ0) is 12.3. The summed E-state index contributed by atoms with van der Waals surface area (Å²) in [7, 11) is 0. The number of furan rings is 1. The number of nitrogens with zero attached hydrogens (tertiary/aromatic N) is 1. The number of carbonyl (C=O) groups excluding carboxylic acids is 1. The van der Waals surface area contributed by atoms with Gasteiger partial charge < -0.3 is 15.9 Å². The SMILES string of the molecule is NC(=O)c1cc(N)cnc1SCc1ccco1. The molecule has 5 nitrogen and oxygen atoms in total. The van der Waals surface area contributed by atoms with Crippen LogP contribution in [0.3, 0.4) is 0 Å². The van der Waals surface area contributed by atoms with Gasteiger partial charge in [0.2, 0.25) is 0 Å². The van der Waals surface area contributed by atoms with Crippen LogP contribution in [0, 0.1) is 0 Å². The van der Waals surface area contributed by atoms with Crippen LogP contribution in [0.25, 0.3) is 0 Å². The number of carbonyl (C=O) groups is 1. The van der Waals surface area contributed by atoms with Gasteiger partial charge in [0.1, 0.15) is 10.8 Å². The molecule has 0 aliphatic carbocycles. The minimum atomic E-state index is -0.535. The summed E-state index contributed by atoms with van der Waals surface area (Å²) in [5, 5.41) is 0.558. The van der Waals surface area contributed by atoms with E-state index < -0.39 is 5.91 Å². The van der Waals surface area contributed by atoms with E-state index in [-0.39, 0.29) is 0 Å². The zero-order valence-electron chi connectivity index (χ0n) is 8.92. The number of amides is 1. The van der Waals surface area contributed by atoms with Gasteiger partial charge in [0.15, 0.2) is 0 Å². The maximum absolute atomic E-state index is 11.2. The second kappa shape index (κ2) is 4.92. The van der Waals surface area contributed by atoms with E-state index in [1.807, 2.05) is 6.07 Å². The maximum Gasteiger partial charge on any atom is 0.251 e. The Hall–Kier alpha value is -1.95. The van der Waals surface area contributed by atoms with Crippen molar-refractivity contribution in [2.75, 3.05) is 5.73 Å². The highest BCUT2D eigenvalue weighted by atomic mass is 32.2. The van der Waals surface area contributed by atoms with Crippen molar-refractivity contribution in [2.24, 2.45) is 5.73 Å². The lowest BCUT2D eigenvalue weighted by Crippen LogP contribution is -2.13. The van der Waals surface area contributed by atoms with Crippen LogP contribution in [0.15, 0.2) is 40.1 Å². The fourth-order valence-electron chi connectivity index (χ4n) is 1.29. The Bertz CT molecular complexity index is 526. The molecule has 17 heavy (non-hydrogen) atoms. The second-order valence-corrected chi connectivity index (χ2v) is 4.32. The number of aromatic nitrogens is 1. The summed E-state index contributed by atoms with van der Waals surface area (Å²) in [6.07, 6.45) is 3.10. The standard InChI is InChI=1S/C11H11N3O2S/c12-7-4-9(10(13)15)11(14-5-7)17-6-8-2-1-3-16-8/h1-5H,6,12H2,(H2,13,15). The van der Waals surface area contributed by atoms with Crippen molar-refractivity contribution in [1.82, 2.24) is 4.98 Å². The quantitative estimate of drug-likeness (QED) is 0.803. The maximum atomic E-state index is 11.2. The first-order valence-corrected chi connectivity index (χ1v) is 5.86. The number of hydrogen-bond acceptors (Lipinski definition) is 5. The highest BCUT2D eigenvalue weighted by Gasteiger charge is 2.11. The topological polar surface area (TPSA) is 95.1 Å². The average Bonchev–Trinajstić information content (AvgIpc) is 2.80. The normalized spacial score (nSPS) is 10.4. The van der Waals surface area contributed by atoms with Crippen LogP contribution >= 0.6 is 11.8 Å². The fraction of sp³-hybridized carbons (Fsp3) is 0.0909. The molecule has 0 bridgehead atoms. The summed E-state index contributed by atoms with van der Waals surface area (Å²) in [6, 6.07) is 5.19. The molecule has 0 aliphatic rings. The smallest absolute Gasteiger partial charge is 0.251 e. The van der Waals surface area contributed by atoms with E-state index in [9.17, 15) is 4.79 Å². The predicted octanol–water partition coefficient (Wildman–Crippen LogP) is 1.65. The molecule has 0 aromatic carbocycles. The lowest BCUT2D eigenvalue weighted by atomic mass is 10.2. The summed E-state index contributed by atoms with van der Waals surface area (Å²) in [6.45, 7) is 0. The molecule has 1 amide bonds. The number of thioether (sulfide) groups is 1. The Morgan fingerprint density at radius 3 is 3.00 bits per heavy atom. The van der Waals surface area contributed by atoms with Crippen LogP contribution < -0.4 is 11.5 Å². The van der Waals surface area contributed by atoms with Crippen LogP contribution in [0.5, 0.6) is 0 Å². The Morgan fingerprint density at radius 1 is 1.53 bits per heavy atom. The van der Waals surface area contributed by atoms with Crippen molar-refractivity contribution in [3.63, 3.8) is 0 Å². The Morgan fingerprint density at radius 2 is 2.35 bits per heavy atom. The summed E-state index contributed by atoms with van der Waals surface area (Å²) in [4.78, 5) is 15.3. The lowest BCUT2D eigenvalue weighted by molar-refractivity contribution is 0.0997. The summed E-state index contributed by atoms with van der Waals surface area (Å²) >= 11 is 1.38. The number of nitrogens with two attached hydrogens (primary N) is 2. The number of pyridine rings is 1. The van der Waals surface area contributed by atoms with Gasteiger partial charge in [0.05, 0.1) is 29.5 Å². The third kappa shape index (κ3) is 2.79. The van der Waals surface area contributed by atoms with Gasteiger partial charge in [-0.3, -0.25) is 4.79 Å². The third-order valence-corrected chi connectivity index (χ3v) is 3.10. The number of rotatable bonds is 4. The van der Waals surface area contributed by atoms with Crippen LogP contribution in [-0.2, 0) is 5.75 Å². The summed E-state index contributed by atoms with van der Waals surface area (Å²) in [5.41, 5.74) is 11.6. The molecule has 4 N–H and O–H groups in total. The number of anilines is 1. The Kier molecular flexibility index (Phi) is 3.34. The first-order valence-electron chi connectivity index (χ1n) is 4.87. The van der Waals surface area contributed by atoms with Gasteiger partial charge in [0.25, 0.3) is 5.91 Å². The van der Waals surface area contributed by atoms with Crippen LogP contribution in [0.1, 0.15) is 16.1 Å². The molecule has 0 saturated carbocycles. The number of nitrogen functional groups attached to an aromatic ring is 1. The van der Waals surface area contributed by atoms with Gasteiger partial charge >= 0.3 is 0 Å². The molecule has 2 heterocycles. The molecule has 0 radical (unpaired) electrons. The van der Waals surface area contributed by atoms with E-state index in [2.05, 4.69) is 4.98 Å². The zero-order valence-corrected chi connectivity index (χ0v) is 9.74. The van der Waals surface area contributed by atoms with Gasteiger partial charge in [-0.2, -0.15) is 0 Å². The van der Waals surface area contributed by atoms with E-state index in [1.54, 1.807) is 12.3 Å². The van der Waals surface area contributed by atoms with Gasteiger partial charge in [-0.1, -0.05) is 11.8 Å². The summed E-state index contributed by atoms with van der Waals surface area (Å²) in [5.74, 6) is 0.861. The predicted molar refractivity (Wildman–Crippen MR) is 65.4 cm³/mol. The average molecular weight is 249 g/mol. The number of primary amides is 1. The van der Waals surface area contributed by atoms with Gasteiger partial charge in [0, 0.05) is 0 Å². The van der Waals surface area contributed by atoms with Gasteiger partial charge in [-0.25, -0.2) is 4.98 Å². The molecule has 2 aromatic heterocycles. The fourth-order valence-corrected chi connectivity index (χ4v) is 2.18. The van der Waals surface area contributed by atoms with E-state index in [1.165, 1.54) is 24.0 Å². The minimum absolute atomic E-state index is 0.335. The molecule has 0 atom stereocenters. The van der Waals surface area contributed by atoms with Crippen LogP contribution in [-0.4, -0.2) is 10.9 Å². The Labute approximate surface area is 102 Å². The lowest BCUT2D eigenvalue weighted by Gasteiger charge is -2.05. The van der Waals surface area contributed by atoms with Crippen molar-refractivity contribution < 1.29 is 9.21 Å².